The molecular weight excluding hydrogens is 198 g/mol. The average Bonchev–Trinajstić information content (AvgIpc) is 2.67. The first-order valence-electron chi connectivity index (χ1n) is 5.00. The van der Waals surface area contributed by atoms with Gasteiger partial charge in [0.25, 0.3) is 0 Å². The lowest BCUT2D eigenvalue weighted by molar-refractivity contribution is 0.0517. The number of nitrogens with zero attached hydrogens (tertiary/aromatic N) is 1. The van der Waals surface area contributed by atoms with Crippen LogP contribution < -0.4 is 0 Å². The van der Waals surface area contributed by atoms with Crippen LogP contribution in [0.4, 0.5) is 0 Å². The molecule has 5 heteroatoms. The maximum Gasteiger partial charge on any atom is 0.360 e. The van der Waals surface area contributed by atoms with Crippen molar-refractivity contribution in [1.29, 1.82) is 0 Å². The van der Waals surface area contributed by atoms with Crippen molar-refractivity contribution in [2.24, 2.45) is 0 Å². The van der Waals surface area contributed by atoms with Gasteiger partial charge in [0, 0.05) is 13.0 Å². The van der Waals surface area contributed by atoms with E-state index in [2.05, 4.69) is 4.98 Å². The Bertz CT molecular complexity index is 308. The Morgan fingerprint density at radius 3 is 3.07 bits per heavy atom. The molecule has 0 aromatic carbocycles. The van der Waals surface area contributed by atoms with Crippen LogP contribution >= 0.6 is 0 Å². The van der Waals surface area contributed by atoms with Gasteiger partial charge < -0.3 is 14.3 Å². The molecule has 0 saturated heterocycles. The van der Waals surface area contributed by atoms with Crippen LogP contribution in [0.2, 0.25) is 0 Å². The number of aryl methyl sites for hydroxylation is 1. The molecule has 1 aromatic heterocycles. The molecule has 0 bridgehead atoms. The standard InChI is InChI=1S/C10H15NO4/c1-2-14-10(13)9-8(15-7-11-9)5-3-4-6-12/h7,12H,2-6H2,1H3. The molecule has 0 aliphatic rings. The van der Waals surface area contributed by atoms with Crippen LogP contribution in [0.15, 0.2) is 10.8 Å². The number of rotatable bonds is 6. The third-order valence-corrected chi connectivity index (χ3v) is 1.92. The van der Waals surface area contributed by atoms with Crippen molar-refractivity contribution in [2.45, 2.75) is 26.2 Å². The second-order valence-corrected chi connectivity index (χ2v) is 3.03. The minimum absolute atomic E-state index is 0.142. The van der Waals surface area contributed by atoms with E-state index in [1.54, 1.807) is 6.92 Å². The number of aliphatic hydroxyl groups is 1. The number of hydrogen-bond acceptors (Lipinski definition) is 5. The molecular formula is C10H15NO4. The molecule has 1 heterocycles. The van der Waals surface area contributed by atoms with Gasteiger partial charge in [0.2, 0.25) is 0 Å². The Morgan fingerprint density at radius 2 is 2.40 bits per heavy atom. The summed E-state index contributed by atoms with van der Waals surface area (Å²) in [4.78, 5) is 15.2. The minimum atomic E-state index is -0.453. The lowest BCUT2D eigenvalue weighted by atomic mass is 10.2. The van der Waals surface area contributed by atoms with E-state index in [1.807, 2.05) is 0 Å². The largest absolute Gasteiger partial charge is 0.461 e. The number of ether oxygens (including phenoxy) is 1. The second kappa shape index (κ2) is 6.19. The summed E-state index contributed by atoms with van der Waals surface area (Å²) < 4.78 is 9.91. The number of esters is 1. The van der Waals surface area contributed by atoms with Gasteiger partial charge in [-0.05, 0) is 19.8 Å². The van der Waals surface area contributed by atoms with Gasteiger partial charge in [-0.25, -0.2) is 9.78 Å². The predicted molar refractivity (Wildman–Crippen MR) is 52.5 cm³/mol. The van der Waals surface area contributed by atoms with Crippen molar-refractivity contribution in [3.8, 4) is 0 Å². The van der Waals surface area contributed by atoms with Crippen LogP contribution in [0.1, 0.15) is 36.0 Å². The quantitative estimate of drug-likeness (QED) is 0.567. The highest BCUT2D eigenvalue weighted by atomic mass is 16.5. The van der Waals surface area contributed by atoms with Crippen molar-refractivity contribution < 1.29 is 19.1 Å². The normalized spacial score (nSPS) is 10.3. The topological polar surface area (TPSA) is 72.6 Å². The molecule has 0 saturated carbocycles. The van der Waals surface area contributed by atoms with Gasteiger partial charge in [0.15, 0.2) is 12.1 Å². The predicted octanol–water partition coefficient (Wildman–Crippen LogP) is 1.17. The van der Waals surface area contributed by atoms with Crippen LogP contribution in [0.25, 0.3) is 0 Å². The lowest BCUT2D eigenvalue weighted by Gasteiger charge is -2.00. The van der Waals surface area contributed by atoms with E-state index < -0.39 is 5.97 Å². The first-order chi connectivity index (χ1) is 7.29. The maximum atomic E-state index is 11.4. The summed E-state index contributed by atoms with van der Waals surface area (Å²) >= 11 is 0. The molecule has 1 aromatic rings. The maximum absolute atomic E-state index is 11.4. The zero-order chi connectivity index (χ0) is 11.1. The molecule has 1 N–H and O–H groups in total. The fourth-order valence-electron chi connectivity index (χ4n) is 1.21. The Morgan fingerprint density at radius 1 is 1.60 bits per heavy atom. The van der Waals surface area contributed by atoms with Gasteiger partial charge in [0.1, 0.15) is 5.76 Å². The van der Waals surface area contributed by atoms with E-state index in [1.165, 1.54) is 6.39 Å². The van der Waals surface area contributed by atoms with Crippen molar-refractivity contribution >= 4 is 5.97 Å². The molecule has 5 nitrogen and oxygen atoms in total. The van der Waals surface area contributed by atoms with Gasteiger partial charge in [-0.15, -0.1) is 0 Å². The summed E-state index contributed by atoms with van der Waals surface area (Å²) in [7, 11) is 0. The fraction of sp³-hybridized carbons (Fsp3) is 0.600. The SMILES string of the molecule is CCOC(=O)c1ncoc1CCCCO. The van der Waals surface area contributed by atoms with Gasteiger partial charge in [0.05, 0.1) is 6.61 Å². The molecule has 0 atom stereocenters. The molecule has 0 unspecified atom stereocenters. The van der Waals surface area contributed by atoms with E-state index >= 15 is 0 Å². The fourth-order valence-corrected chi connectivity index (χ4v) is 1.21. The summed E-state index contributed by atoms with van der Waals surface area (Å²) in [6, 6.07) is 0. The molecule has 1 rings (SSSR count). The van der Waals surface area contributed by atoms with Crippen LogP contribution in [0, 0.1) is 0 Å². The van der Waals surface area contributed by atoms with Crippen molar-refractivity contribution in [3.63, 3.8) is 0 Å². The zero-order valence-corrected chi connectivity index (χ0v) is 8.73. The van der Waals surface area contributed by atoms with E-state index in [-0.39, 0.29) is 12.3 Å². The molecule has 84 valence electrons. The van der Waals surface area contributed by atoms with Crippen molar-refractivity contribution in [3.05, 3.63) is 17.8 Å². The highest BCUT2D eigenvalue weighted by Gasteiger charge is 2.16. The van der Waals surface area contributed by atoms with Crippen molar-refractivity contribution in [1.82, 2.24) is 4.98 Å². The molecule has 0 aliphatic carbocycles. The number of carbonyl (C=O) groups excluding carboxylic acids is 1. The summed E-state index contributed by atoms with van der Waals surface area (Å²) in [6.07, 6.45) is 3.27. The van der Waals surface area contributed by atoms with Crippen LogP contribution in [-0.2, 0) is 11.2 Å². The summed E-state index contributed by atoms with van der Waals surface area (Å²) in [5, 5.41) is 8.62. The summed E-state index contributed by atoms with van der Waals surface area (Å²) in [5.41, 5.74) is 0.245. The molecule has 0 spiro atoms. The Balaban J connectivity index is 2.56. The minimum Gasteiger partial charge on any atom is -0.461 e. The van der Waals surface area contributed by atoms with E-state index in [4.69, 9.17) is 14.3 Å². The van der Waals surface area contributed by atoms with Crippen LogP contribution in [0.5, 0.6) is 0 Å². The van der Waals surface area contributed by atoms with Gasteiger partial charge in [-0.3, -0.25) is 0 Å². The molecule has 0 radical (unpaired) electrons. The molecule has 15 heavy (non-hydrogen) atoms. The third-order valence-electron chi connectivity index (χ3n) is 1.92. The smallest absolute Gasteiger partial charge is 0.360 e. The number of oxazole rings is 1. The number of hydrogen-bond donors (Lipinski definition) is 1. The number of aromatic nitrogens is 1. The van der Waals surface area contributed by atoms with E-state index in [0.29, 0.717) is 25.2 Å². The Kier molecular flexibility index (Phi) is 4.83. The highest BCUT2D eigenvalue weighted by molar-refractivity contribution is 5.88. The molecule has 0 aliphatic heterocycles. The third kappa shape index (κ3) is 3.36. The number of aliphatic hydroxyl groups excluding tert-OH is 1. The Hall–Kier alpha value is -1.36. The highest BCUT2D eigenvalue weighted by Crippen LogP contribution is 2.11. The van der Waals surface area contributed by atoms with E-state index in [0.717, 1.165) is 6.42 Å². The molecule has 0 fully saturated rings. The summed E-state index contributed by atoms with van der Waals surface area (Å²) in [6.45, 7) is 2.20. The number of unbranched alkanes of at least 4 members (excludes halogenated alkanes) is 1. The van der Waals surface area contributed by atoms with Gasteiger partial charge >= 0.3 is 5.97 Å². The lowest BCUT2D eigenvalue weighted by Crippen LogP contribution is -2.07. The molecule has 0 amide bonds. The second-order valence-electron chi connectivity index (χ2n) is 3.03. The van der Waals surface area contributed by atoms with Gasteiger partial charge in [-0.2, -0.15) is 0 Å². The van der Waals surface area contributed by atoms with Gasteiger partial charge in [-0.1, -0.05) is 0 Å². The van der Waals surface area contributed by atoms with Crippen LogP contribution in [-0.4, -0.2) is 29.3 Å². The number of carbonyl (C=O) groups is 1. The first kappa shape index (κ1) is 11.7. The average molecular weight is 213 g/mol. The van der Waals surface area contributed by atoms with E-state index in [9.17, 15) is 4.79 Å². The zero-order valence-electron chi connectivity index (χ0n) is 8.73. The Labute approximate surface area is 88.1 Å². The monoisotopic (exact) mass is 213 g/mol. The van der Waals surface area contributed by atoms with Crippen LogP contribution in [0.3, 0.4) is 0 Å². The van der Waals surface area contributed by atoms with Crippen molar-refractivity contribution in [2.75, 3.05) is 13.2 Å². The first-order valence-corrected chi connectivity index (χ1v) is 5.00. The summed E-state index contributed by atoms with van der Waals surface area (Å²) in [5.74, 6) is 0.0761.